The van der Waals surface area contributed by atoms with Crippen molar-refractivity contribution >= 4 is 21.8 Å². The first-order valence-electron chi connectivity index (χ1n) is 9.69. The van der Waals surface area contributed by atoms with Crippen molar-refractivity contribution in [1.29, 1.82) is 0 Å². The van der Waals surface area contributed by atoms with Crippen molar-refractivity contribution in [2.75, 3.05) is 60.2 Å². The maximum Gasteiger partial charge on any atom is 0.255 e. The van der Waals surface area contributed by atoms with Crippen LogP contribution in [0.25, 0.3) is 0 Å². The monoisotopic (exact) mass is 443 g/mol. The Labute approximate surface area is 177 Å². The molecule has 2 rings (SSSR count). The Balaban J connectivity index is 2.37. The minimum Gasteiger partial charge on any atom is -0.493 e. The molecule has 1 fully saturated rings. The van der Waals surface area contributed by atoms with Crippen molar-refractivity contribution in [3.05, 3.63) is 17.7 Å². The van der Waals surface area contributed by atoms with Crippen molar-refractivity contribution in [3.63, 3.8) is 0 Å². The summed E-state index contributed by atoms with van der Waals surface area (Å²) >= 11 is 0. The molecule has 1 aromatic carbocycles. The average Bonchev–Trinajstić information content (AvgIpc) is 2.77. The third kappa shape index (κ3) is 5.21. The van der Waals surface area contributed by atoms with E-state index in [1.807, 2.05) is 13.8 Å². The molecule has 0 bridgehead atoms. The average molecular weight is 444 g/mol. The SMILES string of the molecule is CCN(CC)C(=O)CNC(=O)c1cc(S(=O)(=O)N2CCOCC2)cc(OC)c1OC. The quantitative estimate of drug-likeness (QED) is 0.585. The fourth-order valence-electron chi connectivity index (χ4n) is 3.13. The van der Waals surface area contributed by atoms with Gasteiger partial charge in [0.25, 0.3) is 5.91 Å². The van der Waals surface area contributed by atoms with Gasteiger partial charge in [-0.15, -0.1) is 0 Å². The van der Waals surface area contributed by atoms with Crippen LogP contribution in [0, 0.1) is 0 Å². The third-order valence-electron chi connectivity index (χ3n) is 4.82. The van der Waals surface area contributed by atoms with Gasteiger partial charge in [-0.05, 0) is 19.9 Å². The summed E-state index contributed by atoms with van der Waals surface area (Å²) in [6.07, 6.45) is 0. The number of sulfonamides is 1. The minimum absolute atomic E-state index is 0.0315. The molecule has 0 spiro atoms. The summed E-state index contributed by atoms with van der Waals surface area (Å²) in [5.41, 5.74) is -0.0315. The molecular formula is C19H29N3O7S. The lowest BCUT2D eigenvalue weighted by Gasteiger charge is -2.26. The number of ether oxygens (including phenoxy) is 3. The highest BCUT2D eigenvalue weighted by atomic mass is 32.2. The molecule has 2 amide bonds. The normalized spacial score (nSPS) is 14.8. The topological polar surface area (TPSA) is 114 Å². The zero-order valence-corrected chi connectivity index (χ0v) is 18.6. The van der Waals surface area contributed by atoms with Crippen molar-refractivity contribution < 1.29 is 32.2 Å². The smallest absolute Gasteiger partial charge is 0.255 e. The van der Waals surface area contributed by atoms with Crippen molar-refractivity contribution in [2.45, 2.75) is 18.7 Å². The predicted octanol–water partition coefficient (Wildman–Crippen LogP) is 0.323. The van der Waals surface area contributed by atoms with E-state index in [0.717, 1.165) is 0 Å². The summed E-state index contributed by atoms with van der Waals surface area (Å²) in [4.78, 5) is 26.5. The molecule has 10 nitrogen and oxygen atoms in total. The lowest BCUT2D eigenvalue weighted by Crippen LogP contribution is -2.41. The Kier molecular flexibility index (Phi) is 8.44. The zero-order chi connectivity index (χ0) is 22.3. The lowest BCUT2D eigenvalue weighted by molar-refractivity contribution is -0.129. The van der Waals surface area contributed by atoms with Crippen LogP contribution < -0.4 is 14.8 Å². The highest BCUT2D eigenvalue weighted by Gasteiger charge is 2.30. The number of rotatable bonds is 9. The number of likely N-dealkylation sites (N-methyl/N-ethyl adjacent to an activating group) is 1. The number of benzene rings is 1. The highest BCUT2D eigenvalue weighted by Crippen LogP contribution is 2.35. The molecule has 0 unspecified atom stereocenters. The molecule has 1 saturated heterocycles. The summed E-state index contributed by atoms with van der Waals surface area (Å²) in [5, 5.41) is 2.54. The van der Waals surface area contributed by atoms with Crippen LogP contribution in [0.1, 0.15) is 24.2 Å². The molecule has 0 aromatic heterocycles. The first-order chi connectivity index (χ1) is 14.3. The molecule has 1 N–H and O–H groups in total. The van der Waals surface area contributed by atoms with Crippen LogP contribution in [0.2, 0.25) is 0 Å². The van der Waals surface area contributed by atoms with Crippen LogP contribution in [0.4, 0.5) is 0 Å². The van der Waals surface area contributed by atoms with Gasteiger partial charge in [0.2, 0.25) is 15.9 Å². The van der Waals surface area contributed by atoms with Gasteiger partial charge < -0.3 is 24.4 Å². The van der Waals surface area contributed by atoms with Crippen LogP contribution in [0.3, 0.4) is 0 Å². The van der Waals surface area contributed by atoms with E-state index >= 15 is 0 Å². The van der Waals surface area contributed by atoms with E-state index in [1.54, 1.807) is 4.90 Å². The Morgan fingerprint density at radius 3 is 2.30 bits per heavy atom. The molecule has 0 saturated carbocycles. The summed E-state index contributed by atoms with van der Waals surface area (Å²) in [6, 6.07) is 2.56. The number of nitrogens with one attached hydrogen (secondary N) is 1. The second-order valence-corrected chi connectivity index (χ2v) is 8.41. The lowest BCUT2D eigenvalue weighted by atomic mass is 10.1. The van der Waals surface area contributed by atoms with Gasteiger partial charge in [-0.3, -0.25) is 9.59 Å². The fourth-order valence-corrected chi connectivity index (χ4v) is 4.58. The van der Waals surface area contributed by atoms with E-state index in [2.05, 4.69) is 5.32 Å². The maximum atomic E-state index is 13.0. The largest absolute Gasteiger partial charge is 0.493 e. The molecule has 1 aliphatic heterocycles. The van der Waals surface area contributed by atoms with Gasteiger partial charge in [-0.2, -0.15) is 4.31 Å². The van der Waals surface area contributed by atoms with Crippen molar-refractivity contribution in [3.8, 4) is 11.5 Å². The van der Waals surface area contributed by atoms with E-state index in [4.69, 9.17) is 14.2 Å². The van der Waals surface area contributed by atoms with Gasteiger partial charge in [-0.1, -0.05) is 0 Å². The van der Waals surface area contributed by atoms with Crippen LogP contribution in [-0.4, -0.2) is 89.6 Å². The van der Waals surface area contributed by atoms with Gasteiger partial charge in [0, 0.05) is 32.2 Å². The molecule has 0 radical (unpaired) electrons. The van der Waals surface area contributed by atoms with E-state index in [-0.39, 0.29) is 47.5 Å². The number of hydrogen-bond donors (Lipinski definition) is 1. The first kappa shape index (κ1) is 23.9. The fraction of sp³-hybridized carbons (Fsp3) is 0.579. The Morgan fingerprint density at radius 2 is 1.77 bits per heavy atom. The zero-order valence-electron chi connectivity index (χ0n) is 17.8. The number of amides is 2. The van der Waals surface area contributed by atoms with Gasteiger partial charge in [0.1, 0.15) is 0 Å². The summed E-state index contributed by atoms with van der Waals surface area (Å²) in [6.45, 7) is 5.56. The second kappa shape index (κ2) is 10.6. The van der Waals surface area contributed by atoms with E-state index in [9.17, 15) is 18.0 Å². The molecule has 30 heavy (non-hydrogen) atoms. The van der Waals surface area contributed by atoms with Gasteiger partial charge in [0.15, 0.2) is 11.5 Å². The predicted molar refractivity (Wildman–Crippen MR) is 109 cm³/mol. The Bertz CT molecular complexity index is 863. The molecular weight excluding hydrogens is 414 g/mol. The number of hydrogen-bond acceptors (Lipinski definition) is 7. The first-order valence-corrected chi connectivity index (χ1v) is 11.1. The number of nitrogens with zero attached hydrogens (tertiary/aromatic N) is 2. The van der Waals surface area contributed by atoms with E-state index in [1.165, 1.54) is 30.7 Å². The van der Waals surface area contributed by atoms with Crippen LogP contribution in [-0.2, 0) is 19.6 Å². The molecule has 0 aliphatic carbocycles. The maximum absolute atomic E-state index is 13.0. The molecule has 1 aliphatic rings. The van der Waals surface area contributed by atoms with Crippen LogP contribution in [0.5, 0.6) is 11.5 Å². The third-order valence-corrected chi connectivity index (χ3v) is 6.70. The minimum atomic E-state index is -3.87. The number of carbonyl (C=O) groups is 2. The summed E-state index contributed by atoms with van der Waals surface area (Å²) < 4.78 is 43.1. The summed E-state index contributed by atoms with van der Waals surface area (Å²) in [5.74, 6) is -0.681. The number of morpholine rings is 1. The molecule has 168 valence electrons. The van der Waals surface area contributed by atoms with Gasteiger partial charge >= 0.3 is 0 Å². The highest BCUT2D eigenvalue weighted by molar-refractivity contribution is 7.89. The van der Waals surface area contributed by atoms with Crippen molar-refractivity contribution in [1.82, 2.24) is 14.5 Å². The number of carbonyl (C=O) groups excluding carboxylic acids is 2. The Morgan fingerprint density at radius 1 is 1.13 bits per heavy atom. The second-order valence-electron chi connectivity index (χ2n) is 6.47. The molecule has 1 heterocycles. The summed E-state index contributed by atoms with van der Waals surface area (Å²) in [7, 11) is -1.16. The van der Waals surface area contributed by atoms with Crippen LogP contribution >= 0.6 is 0 Å². The van der Waals surface area contributed by atoms with Crippen molar-refractivity contribution in [2.24, 2.45) is 0 Å². The molecule has 1 aromatic rings. The van der Waals surface area contributed by atoms with Crippen LogP contribution in [0.15, 0.2) is 17.0 Å². The molecule has 11 heteroatoms. The van der Waals surface area contributed by atoms with E-state index < -0.39 is 15.9 Å². The van der Waals surface area contributed by atoms with Gasteiger partial charge in [0.05, 0.1) is 44.4 Å². The van der Waals surface area contributed by atoms with Gasteiger partial charge in [-0.25, -0.2) is 8.42 Å². The standard InChI is InChI=1S/C19H29N3O7S/c1-5-21(6-2)17(23)13-20-19(24)15-11-14(12-16(27-3)18(15)28-4)30(25,26)22-7-9-29-10-8-22/h11-12H,5-10,13H2,1-4H3,(H,20,24). The Hall–Kier alpha value is -2.37. The number of methoxy groups -OCH3 is 2. The molecule has 0 atom stereocenters. The van der Waals surface area contributed by atoms with E-state index in [0.29, 0.717) is 26.3 Å².